The van der Waals surface area contributed by atoms with Crippen LogP contribution in [0.1, 0.15) is 19.4 Å². The molecule has 16 heavy (non-hydrogen) atoms. The summed E-state index contributed by atoms with van der Waals surface area (Å²) in [5, 5.41) is 6.09. The lowest BCUT2D eigenvalue weighted by Gasteiger charge is -2.12. The minimum Gasteiger partial charge on any atom is -0.352 e. The Hall–Kier alpha value is -1.35. The maximum absolute atomic E-state index is 11.7. The quantitative estimate of drug-likeness (QED) is 0.763. The van der Waals surface area contributed by atoms with Crippen molar-refractivity contribution in [1.82, 2.24) is 10.6 Å². The summed E-state index contributed by atoms with van der Waals surface area (Å²) in [6.45, 7) is 6.21. The van der Waals surface area contributed by atoms with E-state index in [1.54, 1.807) is 0 Å². The van der Waals surface area contributed by atoms with Crippen molar-refractivity contribution in [3.8, 4) is 0 Å². The normalized spacial score (nSPS) is 12.1. The van der Waals surface area contributed by atoms with E-state index in [2.05, 4.69) is 10.6 Å². The molecule has 3 heteroatoms. The Bertz CT molecular complexity index is 311. The maximum atomic E-state index is 11.7. The number of rotatable bonds is 6. The molecule has 1 unspecified atom stereocenters. The van der Waals surface area contributed by atoms with Crippen LogP contribution in [-0.4, -0.2) is 19.0 Å². The molecule has 88 valence electrons. The van der Waals surface area contributed by atoms with E-state index in [-0.39, 0.29) is 11.8 Å². The van der Waals surface area contributed by atoms with Gasteiger partial charge in [-0.25, -0.2) is 0 Å². The second-order valence-corrected chi connectivity index (χ2v) is 3.91. The highest BCUT2D eigenvalue weighted by Crippen LogP contribution is 1.99. The highest BCUT2D eigenvalue weighted by atomic mass is 16.1. The van der Waals surface area contributed by atoms with Gasteiger partial charge in [0.15, 0.2) is 0 Å². The van der Waals surface area contributed by atoms with Gasteiger partial charge in [0.2, 0.25) is 5.91 Å². The Morgan fingerprint density at radius 3 is 2.62 bits per heavy atom. The lowest BCUT2D eigenvalue weighted by molar-refractivity contribution is -0.124. The van der Waals surface area contributed by atoms with E-state index < -0.39 is 0 Å². The first kappa shape index (κ1) is 12.7. The van der Waals surface area contributed by atoms with Crippen molar-refractivity contribution < 1.29 is 4.79 Å². The van der Waals surface area contributed by atoms with Gasteiger partial charge in [0.25, 0.3) is 0 Å². The van der Waals surface area contributed by atoms with Crippen molar-refractivity contribution in [1.29, 1.82) is 0 Å². The van der Waals surface area contributed by atoms with Crippen LogP contribution >= 0.6 is 0 Å². The van der Waals surface area contributed by atoms with Crippen LogP contribution in [-0.2, 0) is 11.3 Å². The molecule has 0 aliphatic heterocycles. The average Bonchev–Trinajstić information content (AvgIpc) is 2.34. The van der Waals surface area contributed by atoms with Crippen molar-refractivity contribution in [2.45, 2.75) is 20.4 Å². The van der Waals surface area contributed by atoms with E-state index in [9.17, 15) is 4.79 Å². The van der Waals surface area contributed by atoms with Crippen molar-refractivity contribution >= 4 is 5.91 Å². The van der Waals surface area contributed by atoms with Gasteiger partial charge in [-0.3, -0.25) is 4.79 Å². The Balaban J connectivity index is 2.29. The first-order valence-corrected chi connectivity index (χ1v) is 5.76. The summed E-state index contributed by atoms with van der Waals surface area (Å²) in [5.74, 6) is 0.119. The summed E-state index contributed by atoms with van der Waals surface area (Å²) in [5.41, 5.74) is 1.13. The molecule has 1 amide bonds. The Kier molecular flexibility index (Phi) is 5.57. The number of carbonyl (C=O) groups excluding carboxylic acids is 1. The van der Waals surface area contributed by atoms with Gasteiger partial charge < -0.3 is 10.6 Å². The molecule has 0 aliphatic rings. The molecule has 0 spiro atoms. The van der Waals surface area contributed by atoms with Gasteiger partial charge in [0.05, 0.1) is 0 Å². The molecule has 0 aliphatic carbocycles. The van der Waals surface area contributed by atoms with Gasteiger partial charge in [-0.2, -0.15) is 0 Å². The highest BCUT2D eigenvalue weighted by Gasteiger charge is 2.10. The van der Waals surface area contributed by atoms with E-state index in [0.717, 1.165) is 18.7 Å². The first-order chi connectivity index (χ1) is 7.74. The monoisotopic (exact) mass is 220 g/mol. The van der Waals surface area contributed by atoms with E-state index in [1.807, 2.05) is 44.2 Å². The summed E-state index contributed by atoms with van der Waals surface area (Å²) in [7, 11) is 0. The molecule has 1 aromatic rings. The van der Waals surface area contributed by atoms with Crippen LogP contribution in [0.3, 0.4) is 0 Å². The van der Waals surface area contributed by atoms with Crippen molar-refractivity contribution in [3.63, 3.8) is 0 Å². The smallest absolute Gasteiger partial charge is 0.224 e. The molecule has 0 aromatic heterocycles. The van der Waals surface area contributed by atoms with Crippen LogP contribution in [0.25, 0.3) is 0 Å². The highest BCUT2D eigenvalue weighted by molar-refractivity contribution is 5.78. The van der Waals surface area contributed by atoms with Crippen LogP contribution in [0.2, 0.25) is 0 Å². The van der Waals surface area contributed by atoms with Gasteiger partial charge in [-0.05, 0) is 12.1 Å². The molecule has 0 fully saturated rings. The van der Waals surface area contributed by atoms with Gasteiger partial charge in [-0.15, -0.1) is 0 Å². The van der Waals surface area contributed by atoms with Crippen LogP contribution in [0.5, 0.6) is 0 Å². The largest absolute Gasteiger partial charge is 0.352 e. The van der Waals surface area contributed by atoms with Crippen LogP contribution < -0.4 is 10.6 Å². The summed E-state index contributed by atoms with van der Waals surface area (Å²) >= 11 is 0. The van der Waals surface area contributed by atoms with E-state index in [1.165, 1.54) is 0 Å². The SMILES string of the molecule is CCNCC(C)C(=O)NCc1ccccc1. The van der Waals surface area contributed by atoms with Crippen molar-refractivity contribution in [2.24, 2.45) is 5.92 Å². The molecule has 0 bridgehead atoms. The summed E-state index contributed by atoms with van der Waals surface area (Å²) < 4.78 is 0. The maximum Gasteiger partial charge on any atom is 0.224 e. The molecule has 0 radical (unpaired) electrons. The summed E-state index contributed by atoms with van der Waals surface area (Å²) in [6.07, 6.45) is 0. The van der Waals surface area contributed by atoms with Crippen LogP contribution in [0, 0.1) is 5.92 Å². The third-order valence-corrected chi connectivity index (χ3v) is 2.46. The molecule has 1 aromatic carbocycles. The third-order valence-electron chi connectivity index (χ3n) is 2.46. The Morgan fingerprint density at radius 2 is 2.00 bits per heavy atom. The van der Waals surface area contributed by atoms with Gasteiger partial charge >= 0.3 is 0 Å². The molecule has 0 saturated carbocycles. The topological polar surface area (TPSA) is 41.1 Å². The number of hydrogen-bond donors (Lipinski definition) is 2. The predicted octanol–water partition coefficient (Wildman–Crippen LogP) is 1.55. The van der Waals surface area contributed by atoms with E-state index in [0.29, 0.717) is 6.54 Å². The number of nitrogens with one attached hydrogen (secondary N) is 2. The zero-order chi connectivity index (χ0) is 11.8. The predicted molar refractivity (Wildman–Crippen MR) is 66.0 cm³/mol. The standard InChI is InChI=1S/C13H20N2O/c1-3-14-9-11(2)13(16)15-10-12-7-5-4-6-8-12/h4-8,11,14H,3,9-10H2,1-2H3,(H,15,16). The number of amides is 1. The molecule has 0 heterocycles. The van der Waals surface area contributed by atoms with E-state index in [4.69, 9.17) is 0 Å². The molecule has 3 nitrogen and oxygen atoms in total. The lowest BCUT2D eigenvalue weighted by Crippen LogP contribution is -2.34. The fourth-order valence-corrected chi connectivity index (χ4v) is 1.41. The van der Waals surface area contributed by atoms with Gasteiger partial charge in [0.1, 0.15) is 0 Å². The molecule has 0 saturated heterocycles. The fraction of sp³-hybridized carbons (Fsp3) is 0.462. The molecule has 1 rings (SSSR count). The Labute approximate surface area is 97.2 Å². The van der Waals surface area contributed by atoms with Crippen molar-refractivity contribution in [3.05, 3.63) is 35.9 Å². The molecular weight excluding hydrogens is 200 g/mol. The fourth-order valence-electron chi connectivity index (χ4n) is 1.41. The first-order valence-electron chi connectivity index (χ1n) is 5.76. The summed E-state index contributed by atoms with van der Waals surface area (Å²) in [6, 6.07) is 9.94. The van der Waals surface area contributed by atoms with E-state index >= 15 is 0 Å². The zero-order valence-electron chi connectivity index (χ0n) is 9.99. The molecule has 2 N–H and O–H groups in total. The second kappa shape index (κ2) is 7.01. The minimum absolute atomic E-state index is 0.0173. The average molecular weight is 220 g/mol. The zero-order valence-corrected chi connectivity index (χ0v) is 9.99. The van der Waals surface area contributed by atoms with Gasteiger partial charge in [0, 0.05) is 19.0 Å². The summed E-state index contributed by atoms with van der Waals surface area (Å²) in [4.78, 5) is 11.7. The molecular formula is C13H20N2O. The van der Waals surface area contributed by atoms with Crippen LogP contribution in [0.4, 0.5) is 0 Å². The Morgan fingerprint density at radius 1 is 1.31 bits per heavy atom. The minimum atomic E-state index is 0.0173. The number of carbonyl (C=O) groups is 1. The van der Waals surface area contributed by atoms with Crippen molar-refractivity contribution in [2.75, 3.05) is 13.1 Å². The lowest BCUT2D eigenvalue weighted by atomic mass is 10.1. The van der Waals surface area contributed by atoms with Gasteiger partial charge in [-0.1, -0.05) is 44.2 Å². The third kappa shape index (κ3) is 4.45. The second-order valence-electron chi connectivity index (χ2n) is 3.91. The number of hydrogen-bond acceptors (Lipinski definition) is 2. The van der Waals surface area contributed by atoms with Crippen LogP contribution in [0.15, 0.2) is 30.3 Å². The number of benzene rings is 1. The molecule has 1 atom stereocenters.